The van der Waals surface area contributed by atoms with Gasteiger partial charge in [-0.3, -0.25) is 4.79 Å². The lowest BCUT2D eigenvalue weighted by Gasteiger charge is -2.22. The summed E-state index contributed by atoms with van der Waals surface area (Å²) < 4.78 is 0. The average Bonchev–Trinajstić information content (AvgIpc) is 3.27. The highest BCUT2D eigenvalue weighted by molar-refractivity contribution is 6.04. The van der Waals surface area contributed by atoms with Crippen LogP contribution in [0.2, 0.25) is 0 Å². The van der Waals surface area contributed by atoms with Crippen LogP contribution in [0.3, 0.4) is 0 Å². The van der Waals surface area contributed by atoms with Crippen molar-refractivity contribution in [2.45, 2.75) is 26.2 Å². The van der Waals surface area contributed by atoms with Crippen LogP contribution in [0, 0.1) is 11.3 Å². The van der Waals surface area contributed by atoms with Gasteiger partial charge in [0.1, 0.15) is 0 Å². The molecule has 3 rings (SSSR count). The topological polar surface area (TPSA) is 97.3 Å². The first kappa shape index (κ1) is 20.2. The van der Waals surface area contributed by atoms with E-state index in [9.17, 15) is 9.59 Å². The highest BCUT2D eigenvalue weighted by Gasteiger charge is 2.20. The molecule has 0 aliphatic carbocycles. The fourth-order valence-corrected chi connectivity index (χ4v) is 3.28. The van der Waals surface area contributed by atoms with Gasteiger partial charge in [-0.05, 0) is 61.7 Å². The number of nitrogens with one attached hydrogen (secondary N) is 3. The quantitative estimate of drug-likeness (QED) is 0.695. The van der Waals surface area contributed by atoms with Crippen molar-refractivity contribution in [2.75, 3.05) is 35.2 Å². The molecule has 3 N–H and O–H groups in total. The van der Waals surface area contributed by atoms with E-state index in [1.165, 1.54) is 0 Å². The molecule has 2 aromatic carbocycles. The second-order valence-electron chi connectivity index (χ2n) is 6.95. The van der Waals surface area contributed by atoms with E-state index < -0.39 is 6.03 Å². The summed E-state index contributed by atoms with van der Waals surface area (Å²) in [6.07, 6.45) is 3.09. The Morgan fingerprint density at radius 2 is 1.69 bits per heavy atom. The van der Waals surface area contributed by atoms with Crippen LogP contribution in [0.25, 0.3) is 0 Å². The van der Waals surface area contributed by atoms with Crippen LogP contribution in [0.15, 0.2) is 42.5 Å². The van der Waals surface area contributed by atoms with Gasteiger partial charge in [0.05, 0.1) is 17.2 Å². The van der Waals surface area contributed by atoms with E-state index in [4.69, 9.17) is 5.26 Å². The maximum atomic E-state index is 12.7. The number of hydrogen-bond acceptors (Lipinski definition) is 4. The van der Waals surface area contributed by atoms with E-state index in [-0.39, 0.29) is 5.91 Å². The van der Waals surface area contributed by atoms with E-state index in [0.29, 0.717) is 29.0 Å². The zero-order valence-corrected chi connectivity index (χ0v) is 16.5. The monoisotopic (exact) mass is 391 g/mol. The Kier molecular flexibility index (Phi) is 6.69. The number of anilines is 3. The molecule has 2 aromatic rings. The molecular formula is C22H25N5O2. The largest absolute Gasteiger partial charge is 0.371 e. The molecule has 1 aliphatic heterocycles. The predicted octanol–water partition coefficient (Wildman–Crippen LogP) is 3.94. The summed E-state index contributed by atoms with van der Waals surface area (Å²) in [4.78, 5) is 27.2. The van der Waals surface area contributed by atoms with Gasteiger partial charge >= 0.3 is 6.03 Å². The van der Waals surface area contributed by atoms with Gasteiger partial charge in [-0.15, -0.1) is 0 Å². The van der Waals surface area contributed by atoms with Crippen LogP contribution in [0.4, 0.5) is 21.9 Å². The van der Waals surface area contributed by atoms with Crippen molar-refractivity contribution in [1.82, 2.24) is 5.32 Å². The summed E-state index contributed by atoms with van der Waals surface area (Å²) in [6, 6.07) is 13.6. The zero-order chi connectivity index (χ0) is 20.6. The summed E-state index contributed by atoms with van der Waals surface area (Å²) in [5.41, 5.74) is 3.11. The molecule has 1 aliphatic rings. The SMILES string of the molecule is CCCNC(=O)c1cc(NC(=O)Nc2ccc(C#N)cc2)ccc1N1CCCC1. The Hall–Kier alpha value is -3.53. The van der Waals surface area contributed by atoms with E-state index >= 15 is 0 Å². The number of carbonyl (C=O) groups excluding carboxylic acids is 2. The van der Waals surface area contributed by atoms with Crippen molar-refractivity contribution in [2.24, 2.45) is 0 Å². The molecule has 7 nitrogen and oxygen atoms in total. The number of hydrogen-bond donors (Lipinski definition) is 3. The van der Waals surface area contributed by atoms with Crippen molar-refractivity contribution < 1.29 is 9.59 Å². The molecule has 150 valence electrons. The molecule has 0 aromatic heterocycles. The van der Waals surface area contributed by atoms with Gasteiger partial charge in [-0.25, -0.2) is 4.79 Å². The number of carbonyl (C=O) groups is 2. The molecule has 1 fully saturated rings. The molecule has 0 unspecified atom stereocenters. The molecule has 7 heteroatoms. The lowest BCUT2D eigenvalue weighted by atomic mass is 10.1. The molecular weight excluding hydrogens is 366 g/mol. The third-order valence-electron chi connectivity index (χ3n) is 4.75. The van der Waals surface area contributed by atoms with Gasteiger partial charge in [0.15, 0.2) is 0 Å². The Morgan fingerprint density at radius 1 is 1.03 bits per heavy atom. The first-order chi connectivity index (χ1) is 14.1. The minimum absolute atomic E-state index is 0.134. The molecule has 0 atom stereocenters. The lowest BCUT2D eigenvalue weighted by Crippen LogP contribution is -2.28. The number of rotatable bonds is 6. The second kappa shape index (κ2) is 9.60. The molecule has 0 saturated carbocycles. The average molecular weight is 391 g/mol. The van der Waals surface area contributed by atoms with Crippen LogP contribution in [0.5, 0.6) is 0 Å². The fraction of sp³-hybridized carbons (Fsp3) is 0.318. The van der Waals surface area contributed by atoms with Crippen LogP contribution in [0.1, 0.15) is 42.1 Å². The van der Waals surface area contributed by atoms with Crippen molar-refractivity contribution >= 4 is 29.0 Å². The maximum Gasteiger partial charge on any atom is 0.323 e. The third kappa shape index (κ3) is 5.26. The number of urea groups is 1. The van der Waals surface area contributed by atoms with E-state index in [2.05, 4.69) is 20.9 Å². The molecule has 0 bridgehead atoms. The van der Waals surface area contributed by atoms with E-state index in [1.807, 2.05) is 25.1 Å². The normalized spacial score (nSPS) is 12.9. The van der Waals surface area contributed by atoms with Crippen LogP contribution in [-0.2, 0) is 0 Å². The Labute approximate surface area is 170 Å². The summed E-state index contributed by atoms with van der Waals surface area (Å²) in [6.45, 7) is 4.47. The molecule has 0 radical (unpaired) electrons. The van der Waals surface area contributed by atoms with Gasteiger partial charge in [-0.2, -0.15) is 5.26 Å². The number of amides is 3. The van der Waals surface area contributed by atoms with E-state index in [0.717, 1.165) is 38.0 Å². The summed E-state index contributed by atoms with van der Waals surface area (Å²) in [7, 11) is 0. The molecule has 1 heterocycles. The smallest absolute Gasteiger partial charge is 0.323 e. The molecule has 1 saturated heterocycles. The minimum atomic E-state index is -0.413. The van der Waals surface area contributed by atoms with Gasteiger partial charge in [-0.1, -0.05) is 6.92 Å². The Balaban J connectivity index is 1.75. The van der Waals surface area contributed by atoms with Crippen molar-refractivity contribution in [1.29, 1.82) is 5.26 Å². The summed E-state index contributed by atoms with van der Waals surface area (Å²) in [5, 5.41) is 17.3. The van der Waals surface area contributed by atoms with Gasteiger partial charge in [0.2, 0.25) is 0 Å². The van der Waals surface area contributed by atoms with Crippen LogP contribution >= 0.6 is 0 Å². The Bertz CT molecular complexity index is 912. The van der Waals surface area contributed by atoms with Crippen molar-refractivity contribution in [3.8, 4) is 6.07 Å². The van der Waals surface area contributed by atoms with Gasteiger partial charge < -0.3 is 20.9 Å². The third-order valence-corrected chi connectivity index (χ3v) is 4.75. The minimum Gasteiger partial charge on any atom is -0.371 e. The van der Waals surface area contributed by atoms with Gasteiger partial charge in [0.25, 0.3) is 5.91 Å². The van der Waals surface area contributed by atoms with Crippen molar-refractivity contribution in [3.63, 3.8) is 0 Å². The van der Waals surface area contributed by atoms with Crippen LogP contribution < -0.4 is 20.9 Å². The van der Waals surface area contributed by atoms with Crippen LogP contribution in [-0.4, -0.2) is 31.6 Å². The molecule has 0 spiro atoms. The number of nitriles is 1. The standard InChI is InChI=1S/C22H25N5O2/c1-2-11-24-21(28)19-14-18(9-10-20(19)27-12-3-4-13-27)26-22(29)25-17-7-5-16(15-23)6-8-17/h5-10,14H,2-4,11-13H2,1H3,(H,24,28)(H2,25,26,29). The maximum absolute atomic E-state index is 12.7. The number of benzene rings is 2. The zero-order valence-electron chi connectivity index (χ0n) is 16.5. The Morgan fingerprint density at radius 3 is 2.34 bits per heavy atom. The molecule has 29 heavy (non-hydrogen) atoms. The highest BCUT2D eigenvalue weighted by Crippen LogP contribution is 2.27. The van der Waals surface area contributed by atoms with E-state index in [1.54, 1.807) is 30.3 Å². The summed E-state index contributed by atoms with van der Waals surface area (Å²) >= 11 is 0. The second-order valence-corrected chi connectivity index (χ2v) is 6.95. The predicted molar refractivity (Wildman–Crippen MR) is 114 cm³/mol. The first-order valence-electron chi connectivity index (χ1n) is 9.86. The fourth-order valence-electron chi connectivity index (χ4n) is 3.28. The first-order valence-corrected chi connectivity index (χ1v) is 9.86. The molecule has 3 amide bonds. The van der Waals surface area contributed by atoms with Crippen molar-refractivity contribution in [3.05, 3.63) is 53.6 Å². The summed E-state index contributed by atoms with van der Waals surface area (Å²) in [5.74, 6) is -0.134. The highest BCUT2D eigenvalue weighted by atomic mass is 16.2. The van der Waals surface area contributed by atoms with Gasteiger partial charge in [0, 0.05) is 36.7 Å². The lowest BCUT2D eigenvalue weighted by molar-refractivity contribution is 0.0954. The number of nitrogens with zero attached hydrogens (tertiary/aromatic N) is 2.